The highest BCUT2D eigenvalue weighted by atomic mass is 16.6. The minimum Gasteiger partial charge on any atom is -0.404 e. The van der Waals surface area contributed by atoms with Gasteiger partial charge in [-0.05, 0) is 24.3 Å². The maximum atomic E-state index is 10.4. The fourth-order valence-corrected chi connectivity index (χ4v) is 1.47. The van der Waals surface area contributed by atoms with E-state index in [4.69, 9.17) is 10.8 Å². The van der Waals surface area contributed by atoms with Crippen LogP contribution in [0.1, 0.15) is 11.3 Å². The molecule has 0 aliphatic carbocycles. The van der Waals surface area contributed by atoms with Gasteiger partial charge in [-0.1, -0.05) is 12.0 Å². The Morgan fingerprint density at radius 3 is 2.89 bits per heavy atom. The molecular formula is C13H10N2O3. The molecular weight excluding hydrogens is 232 g/mol. The van der Waals surface area contributed by atoms with Crippen LogP contribution in [-0.4, -0.2) is 4.92 Å². The number of furan rings is 1. The summed E-state index contributed by atoms with van der Waals surface area (Å²) in [5, 5.41) is 13.5. The van der Waals surface area contributed by atoms with Gasteiger partial charge in [0.2, 0.25) is 0 Å². The van der Waals surface area contributed by atoms with Crippen LogP contribution in [0.3, 0.4) is 0 Å². The molecule has 18 heavy (non-hydrogen) atoms. The van der Waals surface area contributed by atoms with Gasteiger partial charge in [0, 0.05) is 11.3 Å². The summed E-state index contributed by atoms with van der Waals surface area (Å²) in [4.78, 5) is 9.87. The van der Waals surface area contributed by atoms with Gasteiger partial charge < -0.3 is 9.73 Å². The predicted molar refractivity (Wildman–Crippen MR) is 67.1 cm³/mol. The summed E-state index contributed by atoms with van der Waals surface area (Å²) in [5.74, 6) is 2.77. The maximum Gasteiger partial charge on any atom is 0.433 e. The Balaban J connectivity index is 2.02. The molecule has 1 N–H and O–H groups in total. The van der Waals surface area contributed by atoms with E-state index in [9.17, 15) is 10.1 Å². The molecule has 1 aromatic heterocycles. The minimum absolute atomic E-state index is 0.260. The molecule has 90 valence electrons. The lowest BCUT2D eigenvalue weighted by molar-refractivity contribution is -0.402. The first-order valence-corrected chi connectivity index (χ1v) is 5.22. The Hall–Kier alpha value is -2.74. The molecule has 0 bridgehead atoms. The van der Waals surface area contributed by atoms with Crippen molar-refractivity contribution in [2.75, 3.05) is 5.32 Å². The van der Waals surface area contributed by atoms with E-state index in [1.807, 2.05) is 24.3 Å². The molecule has 0 unspecified atom stereocenters. The van der Waals surface area contributed by atoms with Gasteiger partial charge in [0.1, 0.15) is 10.7 Å². The largest absolute Gasteiger partial charge is 0.433 e. The molecule has 0 saturated carbocycles. The van der Waals surface area contributed by atoms with E-state index in [0.29, 0.717) is 12.3 Å². The molecule has 0 aliphatic heterocycles. The van der Waals surface area contributed by atoms with E-state index in [1.165, 1.54) is 6.07 Å². The number of terminal acetylenes is 1. The van der Waals surface area contributed by atoms with E-state index in [-0.39, 0.29) is 5.88 Å². The SMILES string of the molecule is C#Cc1cccc(NCc2ccc([N+](=O)[O-])o2)c1. The number of hydrogen-bond donors (Lipinski definition) is 1. The average molecular weight is 242 g/mol. The summed E-state index contributed by atoms with van der Waals surface area (Å²) >= 11 is 0. The van der Waals surface area contributed by atoms with Crippen molar-refractivity contribution in [1.29, 1.82) is 0 Å². The number of nitrogens with zero attached hydrogens (tertiary/aromatic N) is 1. The lowest BCUT2D eigenvalue weighted by atomic mass is 10.2. The van der Waals surface area contributed by atoms with E-state index in [2.05, 4.69) is 11.2 Å². The molecule has 1 aromatic carbocycles. The Morgan fingerprint density at radius 1 is 1.39 bits per heavy atom. The lowest BCUT2D eigenvalue weighted by Gasteiger charge is -2.04. The van der Waals surface area contributed by atoms with Crippen LogP contribution >= 0.6 is 0 Å². The van der Waals surface area contributed by atoms with Crippen LogP contribution in [-0.2, 0) is 6.54 Å². The van der Waals surface area contributed by atoms with Crippen molar-refractivity contribution in [3.8, 4) is 12.3 Å². The smallest absolute Gasteiger partial charge is 0.404 e. The number of hydrogen-bond acceptors (Lipinski definition) is 4. The van der Waals surface area contributed by atoms with Crippen LogP contribution < -0.4 is 5.32 Å². The molecule has 0 atom stereocenters. The fourth-order valence-electron chi connectivity index (χ4n) is 1.47. The molecule has 0 amide bonds. The first kappa shape index (κ1) is 11.7. The standard InChI is InChI=1S/C13H10N2O3/c1-2-10-4-3-5-11(8-10)14-9-12-6-7-13(18-12)15(16)17/h1,3-8,14H,9H2. The van der Waals surface area contributed by atoms with Crippen LogP contribution in [0.15, 0.2) is 40.8 Å². The van der Waals surface area contributed by atoms with Crippen molar-refractivity contribution < 1.29 is 9.34 Å². The third kappa shape index (κ3) is 2.68. The summed E-state index contributed by atoms with van der Waals surface area (Å²) in [7, 11) is 0. The zero-order valence-corrected chi connectivity index (χ0v) is 9.42. The van der Waals surface area contributed by atoms with Gasteiger partial charge in [-0.25, -0.2) is 0 Å². The van der Waals surface area contributed by atoms with Crippen LogP contribution in [0, 0.1) is 22.5 Å². The Kier molecular flexibility index (Phi) is 3.30. The number of nitro groups is 1. The third-order valence-electron chi connectivity index (χ3n) is 2.32. The van der Waals surface area contributed by atoms with Gasteiger partial charge in [0.25, 0.3) is 0 Å². The molecule has 1 heterocycles. The summed E-state index contributed by atoms with van der Waals surface area (Å²) in [6.45, 7) is 0.363. The van der Waals surface area contributed by atoms with E-state index < -0.39 is 4.92 Å². The van der Waals surface area contributed by atoms with Crippen LogP contribution in [0.25, 0.3) is 0 Å². The van der Waals surface area contributed by atoms with Crippen LogP contribution in [0.5, 0.6) is 0 Å². The molecule has 0 spiro atoms. The number of anilines is 1. The van der Waals surface area contributed by atoms with Gasteiger partial charge >= 0.3 is 5.88 Å². The molecule has 0 fully saturated rings. The summed E-state index contributed by atoms with van der Waals surface area (Å²) < 4.78 is 5.02. The molecule has 2 rings (SSSR count). The molecule has 0 radical (unpaired) electrons. The van der Waals surface area contributed by atoms with Crippen molar-refractivity contribution in [1.82, 2.24) is 0 Å². The molecule has 2 aromatic rings. The Labute approximate surface area is 104 Å². The predicted octanol–water partition coefficient (Wildman–Crippen LogP) is 2.78. The quantitative estimate of drug-likeness (QED) is 0.508. The fraction of sp³-hybridized carbons (Fsp3) is 0.0769. The minimum atomic E-state index is -0.567. The van der Waals surface area contributed by atoms with Crippen LogP contribution in [0.4, 0.5) is 11.6 Å². The van der Waals surface area contributed by atoms with Gasteiger partial charge in [-0.2, -0.15) is 0 Å². The second-order valence-electron chi connectivity index (χ2n) is 3.58. The average Bonchev–Trinajstić information content (AvgIpc) is 2.85. The highest BCUT2D eigenvalue weighted by Crippen LogP contribution is 2.17. The van der Waals surface area contributed by atoms with Gasteiger partial charge in [-0.15, -0.1) is 6.42 Å². The van der Waals surface area contributed by atoms with Gasteiger partial charge in [-0.3, -0.25) is 10.1 Å². The first-order chi connectivity index (χ1) is 8.69. The third-order valence-corrected chi connectivity index (χ3v) is 2.32. The van der Waals surface area contributed by atoms with E-state index >= 15 is 0 Å². The summed E-state index contributed by atoms with van der Waals surface area (Å²) in [6.07, 6.45) is 5.29. The first-order valence-electron chi connectivity index (χ1n) is 5.22. The Bertz CT molecular complexity index is 611. The molecule has 5 heteroatoms. The van der Waals surface area contributed by atoms with Crippen molar-refractivity contribution >= 4 is 11.6 Å². The van der Waals surface area contributed by atoms with Crippen LogP contribution in [0.2, 0.25) is 0 Å². The zero-order valence-electron chi connectivity index (χ0n) is 9.42. The highest BCUT2D eigenvalue weighted by molar-refractivity contribution is 5.50. The zero-order chi connectivity index (χ0) is 13.0. The number of rotatable bonds is 4. The normalized spacial score (nSPS) is 9.72. The molecule has 0 saturated heterocycles. The van der Waals surface area contributed by atoms with E-state index in [0.717, 1.165) is 11.3 Å². The van der Waals surface area contributed by atoms with Crippen molar-refractivity contribution in [3.63, 3.8) is 0 Å². The lowest BCUT2D eigenvalue weighted by Crippen LogP contribution is -1.98. The summed E-state index contributed by atoms with van der Waals surface area (Å²) in [6, 6.07) is 10.2. The van der Waals surface area contributed by atoms with Crippen molar-refractivity contribution in [2.24, 2.45) is 0 Å². The second kappa shape index (κ2) is 5.06. The number of nitrogens with one attached hydrogen (secondary N) is 1. The second-order valence-corrected chi connectivity index (χ2v) is 3.58. The Morgan fingerprint density at radius 2 is 2.22 bits per heavy atom. The van der Waals surface area contributed by atoms with Gasteiger partial charge in [0.05, 0.1) is 12.6 Å². The topological polar surface area (TPSA) is 68.3 Å². The monoisotopic (exact) mass is 242 g/mol. The molecule has 5 nitrogen and oxygen atoms in total. The molecule has 0 aliphatic rings. The van der Waals surface area contributed by atoms with Gasteiger partial charge in [0.15, 0.2) is 0 Å². The number of benzene rings is 1. The maximum absolute atomic E-state index is 10.4. The highest BCUT2D eigenvalue weighted by Gasteiger charge is 2.11. The summed E-state index contributed by atoms with van der Waals surface area (Å²) in [5.41, 5.74) is 1.61. The van der Waals surface area contributed by atoms with Crippen molar-refractivity contribution in [2.45, 2.75) is 6.54 Å². The van der Waals surface area contributed by atoms with Crippen molar-refractivity contribution in [3.05, 3.63) is 57.8 Å². The van der Waals surface area contributed by atoms with E-state index in [1.54, 1.807) is 6.07 Å².